The van der Waals surface area contributed by atoms with Crippen molar-refractivity contribution in [1.29, 1.82) is 0 Å². The Morgan fingerprint density at radius 1 is 1.29 bits per heavy atom. The van der Waals surface area contributed by atoms with Gasteiger partial charge in [-0.25, -0.2) is 4.79 Å². The molecule has 0 atom stereocenters. The number of hydrogen-bond donors (Lipinski definition) is 2. The first-order valence-electron chi connectivity index (χ1n) is 6.78. The number of nitrogens with one attached hydrogen (secondary N) is 2. The number of rotatable bonds is 3. The summed E-state index contributed by atoms with van der Waals surface area (Å²) in [4.78, 5) is 16.8. The first kappa shape index (κ1) is 14.3. The number of H-pyrrole nitrogens is 1. The molecular formula is C15H15Cl2N3O. The minimum atomic E-state index is -0.0316. The number of aromatic amines is 1. The topological polar surface area (TPSA) is 48.1 Å². The van der Waals surface area contributed by atoms with Gasteiger partial charge < -0.3 is 15.2 Å². The molecule has 1 aliphatic heterocycles. The smallest absolute Gasteiger partial charge is 0.317 e. The van der Waals surface area contributed by atoms with Crippen molar-refractivity contribution in [3.8, 4) is 0 Å². The number of amides is 2. The summed E-state index contributed by atoms with van der Waals surface area (Å²) in [5.41, 5.74) is 1.97. The van der Waals surface area contributed by atoms with E-state index in [1.165, 1.54) is 0 Å². The Balaban J connectivity index is 1.64. The van der Waals surface area contributed by atoms with Crippen molar-refractivity contribution in [2.45, 2.75) is 6.42 Å². The minimum absolute atomic E-state index is 0.0316. The van der Waals surface area contributed by atoms with Gasteiger partial charge in [-0.3, -0.25) is 0 Å². The summed E-state index contributed by atoms with van der Waals surface area (Å²) in [6.45, 7) is 1.95. The molecule has 3 rings (SSSR count). The normalized spacial score (nSPS) is 14.1. The number of carbonyl (C=O) groups is 1. The Morgan fingerprint density at radius 2 is 2.05 bits per heavy atom. The van der Waals surface area contributed by atoms with Crippen molar-refractivity contribution in [3.63, 3.8) is 0 Å². The molecule has 2 aromatic rings. The molecule has 0 saturated heterocycles. The molecule has 2 heterocycles. The van der Waals surface area contributed by atoms with E-state index in [1.54, 1.807) is 11.0 Å². The summed E-state index contributed by atoms with van der Waals surface area (Å²) >= 11 is 12.2. The second-order valence-electron chi connectivity index (χ2n) is 4.98. The van der Waals surface area contributed by atoms with Gasteiger partial charge in [-0.2, -0.15) is 0 Å². The number of benzene rings is 1. The van der Waals surface area contributed by atoms with Gasteiger partial charge >= 0.3 is 6.03 Å². The van der Waals surface area contributed by atoms with Gasteiger partial charge in [-0.15, -0.1) is 0 Å². The molecular weight excluding hydrogens is 309 g/mol. The fourth-order valence-corrected chi connectivity index (χ4v) is 3.03. The summed E-state index contributed by atoms with van der Waals surface area (Å²) in [5.74, 6) is 0. The van der Waals surface area contributed by atoms with Crippen LogP contribution in [-0.2, 0) is 6.42 Å². The first-order chi connectivity index (χ1) is 10.1. The largest absolute Gasteiger partial charge is 0.360 e. The maximum absolute atomic E-state index is 11.9. The molecule has 1 aromatic heterocycles. The molecule has 0 fully saturated rings. The highest BCUT2D eigenvalue weighted by Gasteiger charge is 2.14. The first-order valence-corrected chi connectivity index (χ1v) is 7.53. The zero-order valence-corrected chi connectivity index (χ0v) is 12.8. The van der Waals surface area contributed by atoms with Gasteiger partial charge in [-0.05, 0) is 24.1 Å². The molecule has 0 aliphatic carbocycles. The molecule has 110 valence electrons. The van der Waals surface area contributed by atoms with E-state index in [-0.39, 0.29) is 6.03 Å². The van der Waals surface area contributed by atoms with Crippen LogP contribution in [0.1, 0.15) is 5.56 Å². The average Bonchev–Trinajstić information content (AvgIpc) is 3.08. The SMILES string of the molecule is O=C(NCCc1c[nH]c2c(Cl)cc(Cl)cc12)N1CC=CC1. The van der Waals surface area contributed by atoms with Crippen LogP contribution in [0.4, 0.5) is 4.79 Å². The molecule has 0 bridgehead atoms. The average molecular weight is 324 g/mol. The quantitative estimate of drug-likeness (QED) is 0.833. The molecule has 2 amide bonds. The predicted octanol–water partition coefficient (Wildman–Crippen LogP) is 3.60. The maximum atomic E-state index is 11.9. The van der Waals surface area contributed by atoms with E-state index in [0.29, 0.717) is 29.7 Å². The van der Waals surface area contributed by atoms with Gasteiger partial charge in [0.2, 0.25) is 0 Å². The van der Waals surface area contributed by atoms with E-state index in [4.69, 9.17) is 23.2 Å². The Labute approximate surface area is 132 Å². The third-order valence-electron chi connectivity index (χ3n) is 3.57. The number of nitrogens with zero attached hydrogens (tertiary/aromatic N) is 1. The fraction of sp³-hybridized carbons (Fsp3) is 0.267. The fourth-order valence-electron chi connectivity index (χ4n) is 2.48. The van der Waals surface area contributed by atoms with Crippen LogP contribution in [0.5, 0.6) is 0 Å². The lowest BCUT2D eigenvalue weighted by Gasteiger charge is -2.16. The standard InChI is InChI=1S/C15H15Cl2N3O/c16-11-7-12-10(9-19-14(12)13(17)8-11)3-4-18-15(21)20-5-1-2-6-20/h1-2,7-9,19H,3-6H2,(H,18,21). The Kier molecular flexibility index (Phi) is 4.08. The van der Waals surface area contributed by atoms with E-state index in [1.807, 2.05) is 24.4 Å². The van der Waals surface area contributed by atoms with Gasteiger partial charge in [0.1, 0.15) is 0 Å². The van der Waals surface area contributed by atoms with Gasteiger partial charge in [0.25, 0.3) is 0 Å². The van der Waals surface area contributed by atoms with E-state index in [2.05, 4.69) is 10.3 Å². The number of fused-ring (bicyclic) bond motifs is 1. The molecule has 2 N–H and O–H groups in total. The van der Waals surface area contributed by atoms with E-state index in [0.717, 1.165) is 22.9 Å². The number of hydrogen-bond acceptors (Lipinski definition) is 1. The second kappa shape index (κ2) is 6.00. The van der Waals surface area contributed by atoms with Crippen LogP contribution in [-0.4, -0.2) is 35.5 Å². The Bertz CT molecular complexity index is 700. The third-order valence-corrected chi connectivity index (χ3v) is 4.08. The van der Waals surface area contributed by atoms with Crippen molar-refractivity contribution in [3.05, 3.63) is 46.1 Å². The lowest BCUT2D eigenvalue weighted by atomic mass is 10.1. The lowest BCUT2D eigenvalue weighted by Crippen LogP contribution is -2.39. The van der Waals surface area contributed by atoms with Crippen LogP contribution < -0.4 is 5.32 Å². The van der Waals surface area contributed by atoms with Gasteiger partial charge in [0, 0.05) is 36.2 Å². The van der Waals surface area contributed by atoms with Crippen LogP contribution >= 0.6 is 23.2 Å². The van der Waals surface area contributed by atoms with Crippen molar-refractivity contribution < 1.29 is 4.79 Å². The molecule has 0 saturated carbocycles. The van der Waals surface area contributed by atoms with Crippen molar-refractivity contribution in [2.24, 2.45) is 0 Å². The molecule has 21 heavy (non-hydrogen) atoms. The molecule has 6 heteroatoms. The summed E-state index contributed by atoms with van der Waals surface area (Å²) in [7, 11) is 0. The summed E-state index contributed by atoms with van der Waals surface area (Å²) in [5, 5.41) is 5.15. The monoisotopic (exact) mass is 323 g/mol. The van der Waals surface area contributed by atoms with Crippen LogP contribution in [0.15, 0.2) is 30.5 Å². The molecule has 0 spiro atoms. The van der Waals surface area contributed by atoms with Crippen molar-refractivity contribution >= 4 is 40.1 Å². The Hall–Kier alpha value is -1.65. The van der Waals surface area contributed by atoms with Crippen LogP contribution in [0, 0.1) is 0 Å². The molecule has 0 radical (unpaired) electrons. The van der Waals surface area contributed by atoms with E-state index < -0.39 is 0 Å². The third kappa shape index (κ3) is 3.01. The maximum Gasteiger partial charge on any atom is 0.317 e. The highest BCUT2D eigenvalue weighted by atomic mass is 35.5. The number of carbonyl (C=O) groups excluding carboxylic acids is 1. The van der Waals surface area contributed by atoms with Crippen molar-refractivity contribution in [2.75, 3.05) is 19.6 Å². The summed E-state index contributed by atoms with van der Waals surface area (Å²) < 4.78 is 0. The number of halogens is 2. The van der Waals surface area contributed by atoms with E-state index in [9.17, 15) is 4.79 Å². The zero-order valence-electron chi connectivity index (χ0n) is 11.3. The van der Waals surface area contributed by atoms with Gasteiger partial charge in [0.15, 0.2) is 0 Å². The van der Waals surface area contributed by atoms with Crippen molar-refractivity contribution in [1.82, 2.24) is 15.2 Å². The van der Waals surface area contributed by atoms with Gasteiger partial charge in [0.05, 0.1) is 10.5 Å². The molecule has 1 aromatic carbocycles. The van der Waals surface area contributed by atoms with Crippen LogP contribution in [0.2, 0.25) is 10.0 Å². The highest BCUT2D eigenvalue weighted by Crippen LogP contribution is 2.29. The molecule has 1 aliphatic rings. The van der Waals surface area contributed by atoms with E-state index >= 15 is 0 Å². The molecule has 4 nitrogen and oxygen atoms in total. The van der Waals surface area contributed by atoms with Crippen LogP contribution in [0.3, 0.4) is 0 Å². The number of aromatic nitrogens is 1. The Morgan fingerprint density at radius 3 is 2.81 bits per heavy atom. The van der Waals surface area contributed by atoms with Gasteiger partial charge in [-0.1, -0.05) is 35.4 Å². The molecule has 0 unspecified atom stereocenters. The minimum Gasteiger partial charge on any atom is -0.360 e. The zero-order chi connectivity index (χ0) is 14.8. The predicted molar refractivity (Wildman–Crippen MR) is 86.1 cm³/mol. The second-order valence-corrected chi connectivity index (χ2v) is 5.83. The lowest BCUT2D eigenvalue weighted by molar-refractivity contribution is 0.211. The summed E-state index contributed by atoms with van der Waals surface area (Å²) in [6.07, 6.45) is 6.62. The number of urea groups is 1. The van der Waals surface area contributed by atoms with Crippen LogP contribution in [0.25, 0.3) is 10.9 Å². The summed E-state index contributed by atoms with van der Waals surface area (Å²) in [6, 6.07) is 3.57. The highest BCUT2D eigenvalue weighted by molar-refractivity contribution is 6.38.